The van der Waals surface area contributed by atoms with Gasteiger partial charge in [0.1, 0.15) is 5.82 Å². The molecule has 25 heavy (non-hydrogen) atoms. The van der Waals surface area contributed by atoms with Gasteiger partial charge in [-0.25, -0.2) is 4.98 Å². The number of nitriles is 1. The quantitative estimate of drug-likeness (QED) is 0.600. The van der Waals surface area contributed by atoms with Crippen LogP contribution in [0.1, 0.15) is 28.8 Å². The van der Waals surface area contributed by atoms with Gasteiger partial charge in [-0.3, -0.25) is 4.79 Å². The second kappa shape index (κ2) is 7.80. The minimum atomic E-state index is 0.106. The number of hydrogen-bond donors (Lipinski definition) is 0. The molecule has 0 N–H and O–H groups in total. The van der Waals surface area contributed by atoms with Crippen molar-refractivity contribution in [1.82, 2.24) is 9.88 Å². The largest absolute Gasteiger partial charge is 0.355 e. The molecule has 0 amide bonds. The monoisotopic (exact) mass is 334 g/mol. The third-order valence-corrected chi connectivity index (χ3v) is 4.62. The van der Waals surface area contributed by atoms with Crippen LogP contribution in [0.4, 0.5) is 5.82 Å². The van der Waals surface area contributed by atoms with E-state index in [0.29, 0.717) is 18.5 Å². The fourth-order valence-corrected chi connectivity index (χ4v) is 3.19. The summed E-state index contributed by atoms with van der Waals surface area (Å²) in [6.07, 6.45) is 5.21. The molecule has 128 valence electrons. The highest BCUT2D eigenvalue weighted by Gasteiger charge is 2.24. The van der Waals surface area contributed by atoms with E-state index in [2.05, 4.69) is 28.2 Å². The maximum Gasteiger partial charge on any atom is 0.179 e. The maximum atomic E-state index is 12.4. The van der Waals surface area contributed by atoms with E-state index in [1.54, 1.807) is 11.1 Å². The van der Waals surface area contributed by atoms with Crippen LogP contribution in [0.3, 0.4) is 0 Å². The van der Waals surface area contributed by atoms with Crippen LogP contribution in [-0.2, 0) is 6.54 Å². The topological polar surface area (TPSA) is 60.2 Å². The molecule has 0 saturated carbocycles. The molecule has 1 atom stereocenters. The van der Waals surface area contributed by atoms with Crippen molar-refractivity contribution in [1.29, 1.82) is 5.26 Å². The number of carbonyl (C=O) groups excluding carboxylic acids is 1. The number of aromatic nitrogens is 1. The summed E-state index contributed by atoms with van der Waals surface area (Å²) >= 11 is 0. The molecule has 1 aromatic heterocycles. The number of hydrogen-bond acceptors (Lipinski definition) is 5. The van der Waals surface area contributed by atoms with Gasteiger partial charge in [-0.05, 0) is 30.0 Å². The predicted octanol–water partition coefficient (Wildman–Crippen LogP) is 3.09. The Hall–Kier alpha value is -2.87. The van der Waals surface area contributed by atoms with Gasteiger partial charge in [-0.2, -0.15) is 5.26 Å². The average Bonchev–Trinajstić information content (AvgIpc) is 3.10. The fraction of sp³-hybridized carbons (Fsp3) is 0.350. The van der Waals surface area contributed by atoms with Gasteiger partial charge in [0.2, 0.25) is 0 Å². The van der Waals surface area contributed by atoms with Gasteiger partial charge in [0, 0.05) is 44.9 Å². The lowest BCUT2D eigenvalue weighted by Crippen LogP contribution is -2.18. The highest BCUT2D eigenvalue weighted by molar-refractivity contribution is 5.96. The first-order chi connectivity index (χ1) is 12.2. The highest BCUT2D eigenvalue weighted by atomic mass is 16.1. The molecular weight excluding hydrogens is 312 g/mol. The Balaban J connectivity index is 1.58. The van der Waals surface area contributed by atoms with Crippen molar-refractivity contribution in [2.24, 2.45) is 5.92 Å². The zero-order valence-electron chi connectivity index (χ0n) is 14.4. The number of pyridine rings is 1. The van der Waals surface area contributed by atoms with Crippen LogP contribution < -0.4 is 4.90 Å². The zero-order valence-corrected chi connectivity index (χ0v) is 14.4. The highest BCUT2D eigenvalue weighted by Crippen LogP contribution is 2.21. The summed E-state index contributed by atoms with van der Waals surface area (Å²) in [4.78, 5) is 20.6. The van der Waals surface area contributed by atoms with E-state index < -0.39 is 0 Å². The molecule has 5 heteroatoms. The fourth-order valence-electron chi connectivity index (χ4n) is 3.19. The van der Waals surface area contributed by atoms with Crippen LogP contribution in [0.15, 0.2) is 48.7 Å². The third-order valence-electron chi connectivity index (χ3n) is 4.62. The molecule has 1 fully saturated rings. The average molecular weight is 334 g/mol. The SMILES string of the molecule is CN(Cc1ccccc1)c1ccc(C(=O)CC2CCN(C#N)C2)cn1. The molecule has 2 aromatic rings. The number of ketones is 1. The summed E-state index contributed by atoms with van der Waals surface area (Å²) in [5, 5.41) is 8.90. The Bertz CT molecular complexity index is 752. The number of carbonyl (C=O) groups is 1. The molecule has 0 aliphatic carbocycles. The summed E-state index contributed by atoms with van der Waals surface area (Å²) in [6.45, 7) is 2.22. The van der Waals surface area contributed by atoms with Crippen LogP contribution >= 0.6 is 0 Å². The lowest BCUT2D eigenvalue weighted by molar-refractivity contribution is 0.0963. The minimum absolute atomic E-state index is 0.106. The lowest BCUT2D eigenvalue weighted by Gasteiger charge is -2.18. The second-order valence-corrected chi connectivity index (χ2v) is 6.57. The van der Waals surface area contributed by atoms with Crippen LogP contribution in [-0.4, -0.2) is 35.8 Å². The summed E-state index contributed by atoms with van der Waals surface area (Å²) in [5.74, 6) is 1.22. The summed E-state index contributed by atoms with van der Waals surface area (Å²) in [7, 11) is 1.99. The van der Waals surface area contributed by atoms with Crippen molar-refractivity contribution in [2.75, 3.05) is 25.0 Å². The smallest absolute Gasteiger partial charge is 0.179 e. The lowest BCUT2D eigenvalue weighted by atomic mass is 9.98. The Morgan fingerprint density at radius 1 is 1.32 bits per heavy atom. The van der Waals surface area contributed by atoms with Gasteiger partial charge < -0.3 is 9.80 Å². The Morgan fingerprint density at radius 2 is 2.12 bits per heavy atom. The van der Waals surface area contributed by atoms with E-state index in [1.165, 1.54) is 5.56 Å². The molecule has 5 nitrogen and oxygen atoms in total. The molecule has 1 unspecified atom stereocenters. The first-order valence-electron chi connectivity index (χ1n) is 8.54. The zero-order chi connectivity index (χ0) is 17.6. The normalized spacial score (nSPS) is 16.5. The van der Waals surface area contributed by atoms with Crippen molar-refractivity contribution in [3.63, 3.8) is 0 Å². The van der Waals surface area contributed by atoms with E-state index in [9.17, 15) is 4.79 Å². The van der Waals surface area contributed by atoms with Crippen molar-refractivity contribution in [2.45, 2.75) is 19.4 Å². The number of benzene rings is 1. The van der Waals surface area contributed by atoms with Crippen LogP contribution in [0, 0.1) is 17.4 Å². The number of anilines is 1. The molecule has 0 radical (unpaired) electrons. The van der Waals surface area contributed by atoms with Crippen LogP contribution in [0.5, 0.6) is 0 Å². The van der Waals surface area contributed by atoms with E-state index in [0.717, 1.165) is 25.3 Å². The van der Waals surface area contributed by atoms with Crippen LogP contribution in [0.25, 0.3) is 0 Å². The molecule has 0 spiro atoms. The molecule has 2 heterocycles. The van der Waals surface area contributed by atoms with Gasteiger partial charge >= 0.3 is 0 Å². The Kier molecular flexibility index (Phi) is 5.30. The molecular formula is C20H22N4O. The number of rotatable bonds is 6. The minimum Gasteiger partial charge on any atom is -0.355 e. The van der Waals surface area contributed by atoms with E-state index in [1.807, 2.05) is 37.4 Å². The first kappa shape index (κ1) is 17.0. The number of likely N-dealkylation sites (tertiary alicyclic amines) is 1. The van der Waals surface area contributed by atoms with Gasteiger partial charge in [-0.15, -0.1) is 0 Å². The summed E-state index contributed by atoms with van der Waals surface area (Å²) in [6, 6.07) is 14.0. The number of Topliss-reactive ketones (excluding diaryl/α,β-unsaturated/α-hetero) is 1. The van der Waals surface area contributed by atoms with E-state index in [4.69, 9.17) is 5.26 Å². The predicted molar refractivity (Wildman–Crippen MR) is 97.0 cm³/mol. The van der Waals surface area contributed by atoms with Crippen LogP contribution in [0.2, 0.25) is 0 Å². The summed E-state index contributed by atoms with van der Waals surface area (Å²) in [5.41, 5.74) is 1.86. The number of nitrogens with zero attached hydrogens (tertiary/aromatic N) is 4. The van der Waals surface area contributed by atoms with E-state index >= 15 is 0 Å². The van der Waals surface area contributed by atoms with E-state index in [-0.39, 0.29) is 11.7 Å². The van der Waals surface area contributed by atoms with Crippen molar-refractivity contribution in [3.05, 3.63) is 59.8 Å². The molecule has 1 aliphatic heterocycles. The molecule has 3 rings (SSSR count). The van der Waals surface area contributed by atoms with Gasteiger partial charge in [0.25, 0.3) is 0 Å². The van der Waals surface area contributed by atoms with Gasteiger partial charge in [0.15, 0.2) is 12.0 Å². The molecule has 1 aromatic carbocycles. The third kappa shape index (κ3) is 4.36. The summed E-state index contributed by atoms with van der Waals surface area (Å²) < 4.78 is 0. The Labute approximate surface area is 148 Å². The van der Waals surface area contributed by atoms with Crippen molar-refractivity contribution < 1.29 is 4.79 Å². The van der Waals surface area contributed by atoms with Gasteiger partial charge in [0.05, 0.1) is 0 Å². The second-order valence-electron chi connectivity index (χ2n) is 6.57. The van der Waals surface area contributed by atoms with Crippen molar-refractivity contribution >= 4 is 11.6 Å². The molecule has 1 aliphatic rings. The molecule has 1 saturated heterocycles. The van der Waals surface area contributed by atoms with Gasteiger partial charge in [-0.1, -0.05) is 30.3 Å². The first-order valence-corrected chi connectivity index (χ1v) is 8.54. The van der Waals surface area contributed by atoms with Crippen molar-refractivity contribution in [3.8, 4) is 6.19 Å². The maximum absolute atomic E-state index is 12.4. The standard InChI is InChI=1S/C20H22N4O/c1-23(13-16-5-3-2-4-6-16)20-8-7-18(12-22-20)19(25)11-17-9-10-24(14-17)15-21/h2-8,12,17H,9-11,13-14H2,1H3. The molecule has 0 bridgehead atoms. The Morgan fingerprint density at radius 3 is 2.76 bits per heavy atom.